The van der Waals surface area contributed by atoms with Gasteiger partial charge >= 0.3 is 0 Å². The number of rotatable bonds is 5. The van der Waals surface area contributed by atoms with Crippen LogP contribution in [0.5, 0.6) is 0 Å². The summed E-state index contributed by atoms with van der Waals surface area (Å²) in [4.78, 5) is 28.5. The van der Waals surface area contributed by atoms with Gasteiger partial charge in [0, 0.05) is 38.0 Å². The molecule has 168 valence electrons. The standard InChI is InChI=1S/C23H30N2O5S/c1-31(29,30)16-17-3-2-4-20(15-17)18-5-7-19(8-6-18)21(26)24-11-13-25(14-12-24)22(27)23(28)9-10-23/h4-8,17,28H,2-3,9-16H2,1H3. The molecule has 0 aromatic heterocycles. The molecule has 1 heterocycles. The lowest BCUT2D eigenvalue weighted by Gasteiger charge is -2.35. The van der Waals surface area contributed by atoms with Gasteiger partial charge in [-0.05, 0) is 61.3 Å². The largest absolute Gasteiger partial charge is 0.380 e. The van der Waals surface area contributed by atoms with Gasteiger partial charge in [0.15, 0.2) is 0 Å². The van der Waals surface area contributed by atoms with Crippen molar-refractivity contribution in [3.05, 3.63) is 41.5 Å². The van der Waals surface area contributed by atoms with Crippen molar-refractivity contribution in [3.8, 4) is 0 Å². The van der Waals surface area contributed by atoms with Crippen LogP contribution in [0.4, 0.5) is 0 Å². The normalized spacial score (nSPS) is 23.3. The smallest absolute Gasteiger partial charge is 0.254 e. The second kappa shape index (κ2) is 8.39. The van der Waals surface area contributed by atoms with Gasteiger partial charge in [-0.2, -0.15) is 0 Å². The fourth-order valence-corrected chi connectivity index (χ4v) is 5.69. The zero-order valence-electron chi connectivity index (χ0n) is 17.9. The number of aliphatic hydroxyl groups is 1. The Hall–Kier alpha value is -2.19. The molecule has 1 saturated carbocycles. The Morgan fingerprint density at radius 1 is 1.06 bits per heavy atom. The molecule has 2 fully saturated rings. The van der Waals surface area contributed by atoms with Crippen LogP contribution in [0.2, 0.25) is 0 Å². The Bertz CT molecular complexity index is 987. The molecule has 4 rings (SSSR count). The predicted octanol–water partition coefficient (Wildman–Crippen LogP) is 1.72. The van der Waals surface area contributed by atoms with Crippen LogP contribution in [0, 0.1) is 5.92 Å². The minimum Gasteiger partial charge on any atom is -0.380 e. The van der Waals surface area contributed by atoms with Crippen LogP contribution < -0.4 is 0 Å². The summed E-state index contributed by atoms with van der Waals surface area (Å²) < 4.78 is 23.3. The van der Waals surface area contributed by atoms with Gasteiger partial charge in [0.1, 0.15) is 15.4 Å². The average molecular weight is 447 g/mol. The first-order valence-electron chi connectivity index (χ1n) is 10.9. The summed E-state index contributed by atoms with van der Waals surface area (Å²) in [5, 5.41) is 10.0. The quantitative estimate of drug-likeness (QED) is 0.743. The molecule has 1 saturated heterocycles. The molecule has 8 heteroatoms. The summed E-state index contributed by atoms with van der Waals surface area (Å²) in [6, 6.07) is 7.51. The number of amides is 2. The highest BCUT2D eigenvalue weighted by Gasteiger charge is 2.50. The van der Waals surface area contributed by atoms with E-state index in [1.165, 1.54) is 6.26 Å². The molecule has 1 aliphatic heterocycles. The third-order valence-corrected chi connectivity index (χ3v) is 7.57. The van der Waals surface area contributed by atoms with E-state index in [4.69, 9.17) is 0 Å². The summed E-state index contributed by atoms with van der Waals surface area (Å²) in [6.45, 7) is 1.81. The fourth-order valence-electron chi connectivity index (χ4n) is 4.54. The number of hydrogen-bond donors (Lipinski definition) is 1. The van der Waals surface area contributed by atoms with E-state index in [1.54, 1.807) is 9.80 Å². The fraction of sp³-hybridized carbons (Fsp3) is 0.565. The minimum atomic E-state index is -2.99. The van der Waals surface area contributed by atoms with E-state index in [0.717, 1.165) is 30.4 Å². The van der Waals surface area contributed by atoms with E-state index in [2.05, 4.69) is 6.08 Å². The van der Waals surface area contributed by atoms with Crippen molar-refractivity contribution in [3.63, 3.8) is 0 Å². The highest BCUT2D eigenvalue weighted by atomic mass is 32.2. The van der Waals surface area contributed by atoms with E-state index in [9.17, 15) is 23.1 Å². The Balaban J connectivity index is 1.34. The molecular formula is C23H30N2O5S. The van der Waals surface area contributed by atoms with Gasteiger partial charge in [-0.3, -0.25) is 9.59 Å². The van der Waals surface area contributed by atoms with Gasteiger partial charge in [0.25, 0.3) is 11.8 Å². The highest BCUT2D eigenvalue weighted by molar-refractivity contribution is 7.90. The topological polar surface area (TPSA) is 95.0 Å². The third-order valence-electron chi connectivity index (χ3n) is 6.49. The third kappa shape index (κ3) is 5.18. The van der Waals surface area contributed by atoms with E-state index < -0.39 is 15.4 Å². The van der Waals surface area contributed by atoms with Crippen LogP contribution in [0.25, 0.3) is 5.57 Å². The summed E-state index contributed by atoms with van der Waals surface area (Å²) in [5.41, 5.74) is 1.62. The van der Waals surface area contributed by atoms with Gasteiger partial charge in [0.05, 0.1) is 5.75 Å². The van der Waals surface area contributed by atoms with Crippen LogP contribution in [0.1, 0.15) is 48.0 Å². The van der Waals surface area contributed by atoms with Crippen LogP contribution in [-0.4, -0.2) is 78.9 Å². The summed E-state index contributed by atoms with van der Waals surface area (Å²) in [7, 11) is -2.99. The molecule has 1 aromatic carbocycles. The number of sulfone groups is 1. The number of carbonyl (C=O) groups excluding carboxylic acids is 2. The molecule has 2 aliphatic carbocycles. The minimum absolute atomic E-state index is 0.0589. The molecule has 31 heavy (non-hydrogen) atoms. The van der Waals surface area contributed by atoms with E-state index in [-0.39, 0.29) is 23.5 Å². The first-order chi connectivity index (χ1) is 14.6. The number of allylic oxidation sites excluding steroid dienone is 2. The Morgan fingerprint density at radius 2 is 1.68 bits per heavy atom. The molecule has 1 aromatic rings. The first kappa shape index (κ1) is 22.0. The lowest BCUT2D eigenvalue weighted by molar-refractivity contribution is -0.143. The van der Waals surface area contributed by atoms with Gasteiger partial charge in [-0.1, -0.05) is 18.2 Å². The Kier molecular flexibility index (Phi) is 5.96. The molecule has 1 unspecified atom stereocenters. The van der Waals surface area contributed by atoms with Crippen LogP contribution in [0.15, 0.2) is 30.3 Å². The number of piperazine rings is 1. The maximum atomic E-state index is 12.9. The maximum absolute atomic E-state index is 12.9. The van der Waals surface area contributed by atoms with Crippen molar-refractivity contribution < 1.29 is 23.1 Å². The zero-order valence-corrected chi connectivity index (χ0v) is 18.7. The van der Waals surface area contributed by atoms with Gasteiger partial charge < -0.3 is 14.9 Å². The summed E-state index contributed by atoms with van der Waals surface area (Å²) >= 11 is 0. The number of nitrogens with zero attached hydrogens (tertiary/aromatic N) is 2. The van der Waals surface area contributed by atoms with Crippen molar-refractivity contribution >= 4 is 27.2 Å². The second-order valence-electron chi connectivity index (χ2n) is 9.16. The molecule has 1 N–H and O–H groups in total. The molecule has 0 radical (unpaired) electrons. The van der Waals surface area contributed by atoms with Crippen molar-refractivity contribution in [1.82, 2.24) is 9.80 Å². The molecular weight excluding hydrogens is 416 g/mol. The Morgan fingerprint density at radius 3 is 2.26 bits per heavy atom. The molecule has 2 amide bonds. The van der Waals surface area contributed by atoms with Crippen molar-refractivity contribution in [1.29, 1.82) is 0 Å². The zero-order chi connectivity index (χ0) is 22.2. The summed E-state index contributed by atoms with van der Waals surface area (Å²) in [5.74, 6) is 0.0894. The molecule has 1 atom stereocenters. The van der Waals surface area contributed by atoms with Crippen LogP contribution in [-0.2, 0) is 14.6 Å². The average Bonchev–Trinajstić information content (AvgIpc) is 3.50. The van der Waals surface area contributed by atoms with Gasteiger partial charge in [-0.25, -0.2) is 8.42 Å². The van der Waals surface area contributed by atoms with Gasteiger partial charge in [-0.15, -0.1) is 0 Å². The van der Waals surface area contributed by atoms with Crippen molar-refractivity contribution in [2.24, 2.45) is 5.92 Å². The van der Waals surface area contributed by atoms with Gasteiger partial charge in [0.2, 0.25) is 0 Å². The maximum Gasteiger partial charge on any atom is 0.254 e. The summed E-state index contributed by atoms with van der Waals surface area (Å²) in [6.07, 6.45) is 7.01. The van der Waals surface area contributed by atoms with Crippen LogP contribution >= 0.6 is 0 Å². The molecule has 7 nitrogen and oxygen atoms in total. The Labute approximate surface area is 183 Å². The molecule has 0 spiro atoms. The SMILES string of the molecule is CS(=O)(=O)CC1CCC=C(c2ccc(C(=O)N3CCN(C(=O)C4(O)CC4)CC3)cc2)C1. The number of hydrogen-bond acceptors (Lipinski definition) is 5. The number of carbonyl (C=O) groups is 2. The molecule has 0 bridgehead atoms. The monoisotopic (exact) mass is 446 g/mol. The predicted molar refractivity (Wildman–Crippen MR) is 118 cm³/mol. The highest BCUT2D eigenvalue weighted by Crippen LogP contribution is 2.37. The first-order valence-corrected chi connectivity index (χ1v) is 13.0. The van der Waals surface area contributed by atoms with E-state index in [0.29, 0.717) is 44.6 Å². The van der Waals surface area contributed by atoms with Crippen LogP contribution in [0.3, 0.4) is 0 Å². The van der Waals surface area contributed by atoms with E-state index in [1.807, 2.05) is 24.3 Å². The van der Waals surface area contributed by atoms with Crippen molar-refractivity contribution in [2.75, 3.05) is 38.2 Å². The second-order valence-corrected chi connectivity index (χ2v) is 11.3. The lowest BCUT2D eigenvalue weighted by Crippen LogP contribution is -2.53. The van der Waals surface area contributed by atoms with Crippen molar-refractivity contribution in [2.45, 2.75) is 37.7 Å². The van der Waals surface area contributed by atoms with E-state index >= 15 is 0 Å². The lowest BCUT2D eigenvalue weighted by atomic mass is 9.86. The number of benzene rings is 1. The molecule has 3 aliphatic rings.